The van der Waals surface area contributed by atoms with Crippen LogP contribution in [0.15, 0.2) is 9.72 Å². The first kappa shape index (κ1) is 17.3. The lowest BCUT2D eigenvalue weighted by molar-refractivity contribution is -0.119. The van der Waals surface area contributed by atoms with Gasteiger partial charge in [-0.05, 0) is 70.1 Å². The van der Waals surface area contributed by atoms with Gasteiger partial charge >= 0.3 is 6.03 Å². The Hall–Kier alpha value is -1.08. The number of carbonyl (C=O) groups excluding carboxylic acids is 2. The summed E-state index contributed by atoms with van der Waals surface area (Å²) in [6.07, 6.45) is 7.27. The predicted octanol–water partition coefficient (Wildman–Crippen LogP) is 3.73. The molecule has 4 aliphatic carbocycles. The van der Waals surface area contributed by atoms with Crippen molar-refractivity contribution in [1.29, 1.82) is 0 Å². The van der Waals surface area contributed by atoms with Crippen LogP contribution in [0.4, 0.5) is 4.79 Å². The van der Waals surface area contributed by atoms with Crippen LogP contribution in [0, 0.1) is 24.7 Å². The van der Waals surface area contributed by atoms with E-state index in [0.29, 0.717) is 0 Å². The summed E-state index contributed by atoms with van der Waals surface area (Å²) in [7, 11) is 0. The molecule has 0 aliphatic heterocycles. The molecule has 4 aliphatic rings. The van der Waals surface area contributed by atoms with Crippen molar-refractivity contribution < 1.29 is 9.59 Å². The van der Waals surface area contributed by atoms with Crippen molar-refractivity contribution in [2.75, 3.05) is 0 Å². The highest BCUT2D eigenvalue weighted by Gasteiger charge is 2.51. The molecule has 0 spiro atoms. The van der Waals surface area contributed by atoms with Crippen LogP contribution in [-0.2, 0) is 4.79 Å². The SMILES string of the molecule is Cc1csc(S[C@@H](C)C(=O)NC(=O)NC23CC4CC(CC(C4)C2)C3)n1. The van der Waals surface area contributed by atoms with Gasteiger partial charge in [0.25, 0.3) is 0 Å². The lowest BCUT2D eigenvalue weighted by atomic mass is 9.53. The van der Waals surface area contributed by atoms with Crippen molar-refractivity contribution in [3.05, 3.63) is 11.1 Å². The topological polar surface area (TPSA) is 71.1 Å². The number of aryl methyl sites for hydroxylation is 1. The van der Waals surface area contributed by atoms with Crippen molar-refractivity contribution in [2.45, 2.75) is 67.5 Å². The summed E-state index contributed by atoms with van der Waals surface area (Å²) in [5.41, 5.74) is 0.890. The van der Waals surface area contributed by atoms with Crippen LogP contribution >= 0.6 is 23.1 Å². The number of imide groups is 1. The number of urea groups is 1. The summed E-state index contributed by atoms with van der Waals surface area (Å²) in [5.74, 6) is 2.06. The van der Waals surface area contributed by atoms with E-state index in [1.54, 1.807) is 0 Å². The number of nitrogens with zero attached hydrogens (tertiary/aromatic N) is 1. The first-order valence-electron chi connectivity index (χ1n) is 9.12. The van der Waals surface area contributed by atoms with Gasteiger partial charge in [0.2, 0.25) is 5.91 Å². The standard InChI is InChI=1S/C18H25N3O2S2/c1-10-9-24-17(19-10)25-11(2)15(22)20-16(23)21-18-6-12-3-13(7-18)5-14(4-12)8-18/h9,11-14H,3-8H2,1-2H3,(H2,20,21,22,23)/t11-,12?,13?,14?,18?/m0/s1. The molecule has 7 heteroatoms. The molecule has 1 atom stereocenters. The fourth-order valence-corrected chi connectivity index (χ4v) is 7.33. The average Bonchev–Trinajstić information content (AvgIpc) is 2.90. The number of nitrogens with one attached hydrogen (secondary N) is 2. The average molecular weight is 380 g/mol. The fourth-order valence-electron chi connectivity index (χ4n) is 5.34. The number of thiazole rings is 1. The molecule has 5 nitrogen and oxygen atoms in total. The van der Waals surface area contributed by atoms with Crippen LogP contribution in [-0.4, -0.2) is 27.7 Å². The Morgan fingerprint density at radius 1 is 1.24 bits per heavy atom. The predicted molar refractivity (Wildman–Crippen MR) is 99.7 cm³/mol. The number of hydrogen-bond donors (Lipinski definition) is 2. The number of hydrogen-bond acceptors (Lipinski definition) is 5. The highest BCUT2D eigenvalue weighted by molar-refractivity contribution is 8.02. The molecule has 0 radical (unpaired) electrons. The summed E-state index contributed by atoms with van der Waals surface area (Å²) in [6.45, 7) is 3.75. The van der Waals surface area contributed by atoms with Gasteiger partial charge in [-0.1, -0.05) is 11.8 Å². The van der Waals surface area contributed by atoms with Crippen LogP contribution in [0.2, 0.25) is 0 Å². The lowest BCUT2D eigenvalue weighted by Gasteiger charge is -2.56. The van der Waals surface area contributed by atoms with E-state index in [-0.39, 0.29) is 22.7 Å². The van der Waals surface area contributed by atoms with Crippen LogP contribution in [0.25, 0.3) is 0 Å². The highest BCUT2D eigenvalue weighted by atomic mass is 32.2. The molecule has 0 saturated heterocycles. The summed E-state index contributed by atoms with van der Waals surface area (Å²) >= 11 is 2.93. The molecule has 5 rings (SSSR count). The Kier molecular flexibility index (Phi) is 4.56. The Morgan fingerprint density at radius 2 is 1.84 bits per heavy atom. The third-order valence-corrected chi connectivity index (χ3v) is 8.09. The minimum Gasteiger partial charge on any atom is -0.332 e. The maximum atomic E-state index is 12.4. The lowest BCUT2D eigenvalue weighted by Crippen LogP contribution is -2.62. The summed E-state index contributed by atoms with van der Waals surface area (Å²) in [4.78, 5) is 29.1. The Labute approximate surface area is 156 Å². The first-order chi connectivity index (χ1) is 11.9. The zero-order chi connectivity index (χ0) is 17.6. The van der Waals surface area contributed by atoms with Crippen LogP contribution in [0.1, 0.15) is 51.1 Å². The van der Waals surface area contributed by atoms with E-state index in [4.69, 9.17) is 0 Å². The van der Waals surface area contributed by atoms with Crippen molar-refractivity contribution in [3.8, 4) is 0 Å². The number of amides is 3. The van der Waals surface area contributed by atoms with Gasteiger partial charge in [0.05, 0.1) is 5.25 Å². The second kappa shape index (κ2) is 6.58. The van der Waals surface area contributed by atoms with Gasteiger partial charge in [-0.3, -0.25) is 10.1 Å². The molecule has 3 amide bonds. The maximum Gasteiger partial charge on any atom is 0.321 e. The molecule has 4 bridgehead atoms. The highest BCUT2D eigenvalue weighted by Crippen LogP contribution is 2.55. The number of thioether (sulfide) groups is 1. The molecule has 136 valence electrons. The zero-order valence-corrected chi connectivity index (χ0v) is 16.3. The second-order valence-corrected chi connectivity index (χ2v) is 10.6. The number of carbonyl (C=O) groups is 2. The quantitative estimate of drug-likeness (QED) is 0.782. The second-order valence-electron chi connectivity index (χ2n) is 8.16. The maximum absolute atomic E-state index is 12.4. The third-order valence-electron chi connectivity index (χ3n) is 5.90. The molecule has 0 unspecified atom stereocenters. The van der Waals surface area contributed by atoms with Gasteiger partial charge in [-0.2, -0.15) is 0 Å². The van der Waals surface area contributed by atoms with E-state index in [9.17, 15) is 9.59 Å². The first-order valence-corrected chi connectivity index (χ1v) is 10.9. The molecule has 1 aromatic rings. The van der Waals surface area contributed by atoms with Crippen molar-refractivity contribution >= 4 is 35.0 Å². The zero-order valence-electron chi connectivity index (χ0n) is 14.7. The van der Waals surface area contributed by atoms with Crippen LogP contribution < -0.4 is 10.6 Å². The van der Waals surface area contributed by atoms with Crippen molar-refractivity contribution in [2.24, 2.45) is 17.8 Å². The molecule has 4 fully saturated rings. The van der Waals surface area contributed by atoms with Gasteiger partial charge in [0.15, 0.2) is 4.34 Å². The third kappa shape index (κ3) is 3.72. The smallest absolute Gasteiger partial charge is 0.321 e. The molecular weight excluding hydrogens is 354 g/mol. The van der Waals surface area contributed by atoms with E-state index in [1.807, 2.05) is 19.2 Å². The van der Waals surface area contributed by atoms with Crippen LogP contribution in [0.3, 0.4) is 0 Å². The number of rotatable bonds is 4. The Bertz CT molecular complexity index is 652. The van der Waals surface area contributed by atoms with Gasteiger partial charge in [-0.25, -0.2) is 9.78 Å². The van der Waals surface area contributed by atoms with Gasteiger partial charge in [0.1, 0.15) is 0 Å². The molecule has 4 saturated carbocycles. The summed E-state index contributed by atoms with van der Waals surface area (Å²) < 4.78 is 0.863. The van der Waals surface area contributed by atoms with Crippen molar-refractivity contribution in [1.82, 2.24) is 15.6 Å². The number of aromatic nitrogens is 1. The molecule has 1 heterocycles. The minimum atomic E-state index is -0.340. The van der Waals surface area contributed by atoms with E-state index >= 15 is 0 Å². The largest absolute Gasteiger partial charge is 0.332 e. The van der Waals surface area contributed by atoms with Gasteiger partial charge < -0.3 is 5.32 Å². The van der Waals surface area contributed by atoms with E-state index in [1.165, 1.54) is 42.4 Å². The molecule has 25 heavy (non-hydrogen) atoms. The van der Waals surface area contributed by atoms with E-state index in [0.717, 1.165) is 47.0 Å². The molecular formula is C18H25N3O2S2. The van der Waals surface area contributed by atoms with Crippen molar-refractivity contribution in [3.63, 3.8) is 0 Å². The monoisotopic (exact) mass is 379 g/mol. The molecule has 1 aromatic heterocycles. The molecule has 2 N–H and O–H groups in total. The minimum absolute atomic E-state index is 0.0675. The Balaban J connectivity index is 1.32. The normalized spacial score (nSPS) is 33.9. The Morgan fingerprint density at radius 3 is 2.36 bits per heavy atom. The summed E-state index contributed by atoms with van der Waals surface area (Å²) in [5, 5.41) is 7.36. The van der Waals surface area contributed by atoms with E-state index in [2.05, 4.69) is 15.6 Å². The summed E-state index contributed by atoms with van der Waals surface area (Å²) in [6, 6.07) is -0.324. The molecule has 0 aromatic carbocycles. The van der Waals surface area contributed by atoms with Crippen LogP contribution in [0.5, 0.6) is 0 Å². The fraction of sp³-hybridized carbons (Fsp3) is 0.722. The van der Waals surface area contributed by atoms with Gasteiger partial charge in [0, 0.05) is 16.6 Å². The van der Waals surface area contributed by atoms with E-state index < -0.39 is 0 Å². The van der Waals surface area contributed by atoms with Gasteiger partial charge in [-0.15, -0.1) is 11.3 Å².